The van der Waals surface area contributed by atoms with Gasteiger partial charge in [-0.15, -0.1) is 12.3 Å². The van der Waals surface area contributed by atoms with Crippen molar-refractivity contribution in [1.29, 1.82) is 0 Å². The third-order valence-electron chi connectivity index (χ3n) is 5.38. The number of H-pyrrole nitrogens is 1. The average Bonchev–Trinajstić information content (AvgIpc) is 3.19. The largest absolute Gasteiger partial charge is 0.481 e. The molecule has 0 bridgehead atoms. The topological polar surface area (TPSA) is 66.0 Å². The third-order valence-corrected chi connectivity index (χ3v) is 5.73. The van der Waals surface area contributed by atoms with Gasteiger partial charge in [0.05, 0.1) is 17.5 Å². The van der Waals surface area contributed by atoms with Crippen LogP contribution in [0.25, 0.3) is 22.2 Å². The van der Waals surface area contributed by atoms with Crippen LogP contribution in [-0.4, -0.2) is 21.0 Å². The van der Waals surface area contributed by atoms with Crippen molar-refractivity contribution >= 4 is 28.6 Å². The molecule has 1 unspecified atom stereocenters. The van der Waals surface area contributed by atoms with E-state index in [1.165, 1.54) is 0 Å². The zero-order chi connectivity index (χ0) is 21.8. The number of rotatable bonds is 7. The first-order chi connectivity index (χ1) is 15.0. The van der Waals surface area contributed by atoms with E-state index in [1.807, 2.05) is 48.5 Å². The standard InChI is InChI=1S/C26H21ClN2O2/c1-2-6-21-22(27)13-14-23-26(21)29-24(28-23)15-20(16-25(30)31)19-11-9-18(10-12-19)17-7-4-3-5-8-17/h1,3-5,7-14,20H,6,15-16H2,(H,28,29)(H,30,31). The second-order valence-electron chi connectivity index (χ2n) is 7.47. The van der Waals surface area contributed by atoms with Gasteiger partial charge in [0.2, 0.25) is 0 Å². The number of carboxylic acid groups (broad SMARTS) is 1. The fraction of sp³-hybridized carbons (Fsp3) is 0.154. The summed E-state index contributed by atoms with van der Waals surface area (Å²) >= 11 is 6.30. The van der Waals surface area contributed by atoms with Gasteiger partial charge in [0, 0.05) is 29.3 Å². The lowest BCUT2D eigenvalue weighted by molar-refractivity contribution is -0.137. The van der Waals surface area contributed by atoms with E-state index in [0.29, 0.717) is 23.7 Å². The van der Waals surface area contributed by atoms with Gasteiger partial charge in [-0.2, -0.15) is 0 Å². The molecule has 0 aliphatic carbocycles. The van der Waals surface area contributed by atoms with Crippen LogP contribution in [0.3, 0.4) is 0 Å². The molecule has 31 heavy (non-hydrogen) atoms. The van der Waals surface area contributed by atoms with E-state index in [-0.39, 0.29) is 12.3 Å². The summed E-state index contributed by atoms with van der Waals surface area (Å²) in [6.07, 6.45) is 6.35. The Labute approximate surface area is 185 Å². The fourth-order valence-corrected chi connectivity index (χ4v) is 4.08. The maximum Gasteiger partial charge on any atom is 0.303 e. The first-order valence-electron chi connectivity index (χ1n) is 10.0. The van der Waals surface area contributed by atoms with Crippen LogP contribution in [0.5, 0.6) is 0 Å². The Morgan fingerprint density at radius 2 is 1.77 bits per heavy atom. The second kappa shape index (κ2) is 9.07. The highest BCUT2D eigenvalue weighted by Gasteiger charge is 2.19. The quantitative estimate of drug-likeness (QED) is 0.362. The van der Waals surface area contributed by atoms with Gasteiger partial charge in [0.15, 0.2) is 0 Å². The van der Waals surface area contributed by atoms with Crippen LogP contribution in [0, 0.1) is 12.3 Å². The van der Waals surface area contributed by atoms with Gasteiger partial charge in [-0.25, -0.2) is 4.98 Å². The molecule has 0 fully saturated rings. The van der Waals surface area contributed by atoms with Crippen LogP contribution in [0.1, 0.15) is 29.3 Å². The summed E-state index contributed by atoms with van der Waals surface area (Å²) in [5, 5.41) is 10.1. The summed E-state index contributed by atoms with van der Waals surface area (Å²) in [6.45, 7) is 0. The van der Waals surface area contributed by atoms with Gasteiger partial charge >= 0.3 is 5.97 Å². The SMILES string of the molecule is C#CCc1c(Cl)ccc2[nH]c(CC(CC(=O)O)c3ccc(-c4ccccc4)cc3)nc12. The van der Waals surface area contributed by atoms with Gasteiger partial charge in [-0.3, -0.25) is 4.79 Å². The Kier molecular flexibility index (Phi) is 6.06. The first-order valence-corrected chi connectivity index (χ1v) is 10.4. The van der Waals surface area contributed by atoms with Gasteiger partial charge in [0.1, 0.15) is 5.82 Å². The molecule has 154 valence electrons. The van der Waals surface area contributed by atoms with Gasteiger partial charge in [-0.1, -0.05) is 66.2 Å². The van der Waals surface area contributed by atoms with Crippen molar-refractivity contribution in [2.45, 2.75) is 25.2 Å². The lowest BCUT2D eigenvalue weighted by atomic mass is 9.91. The van der Waals surface area contributed by atoms with E-state index >= 15 is 0 Å². The molecule has 0 aliphatic rings. The van der Waals surface area contributed by atoms with Gasteiger partial charge in [0.25, 0.3) is 0 Å². The molecule has 0 amide bonds. The van der Waals surface area contributed by atoms with Crippen molar-refractivity contribution in [2.75, 3.05) is 0 Å². The predicted octanol–water partition coefficient (Wildman–Crippen LogP) is 5.86. The highest BCUT2D eigenvalue weighted by atomic mass is 35.5. The number of nitrogens with one attached hydrogen (secondary N) is 1. The van der Waals surface area contributed by atoms with Crippen LogP contribution < -0.4 is 0 Å². The number of nitrogens with zero attached hydrogens (tertiary/aromatic N) is 1. The monoisotopic (exact) mass is 428 g/mol. The molecular weight excluding hydrogens is 408 g/mol. The number of hydrogen-bond acceptors (Lipinski definition) is 2. The van der Waals surface area contributed by atoms with Crippen molar-refractivity contribution in [2.24, 2.45) is 0 Å². The Balaban J connectivity index is 1.64. The molecule has 1 heterocycles. The maximum absolute atomic E-state index is 11.5. The molecule has 0 saturated carbocycles. The summed E-state index contributed by atoms with van der Waals surface area (Å²) in [6, 6.07) is 21.8. The van der Waals surface area contributed by atoms with E-state index in [2.05, 4.69) is 23.0 Å². The number of aromatic nitrogens is 2. The average molecular weight is 429 g/mol. The van der Waals surface area contributed by atoms with E-state index in [4.69, 9.17) is 23.0 Å². The highest BCUT2D eigenvalue weighted by Crippen LogP contribution is 2.29. The molecule has 0 radical (unpaired) electrons. The highest BCUT2D eigenvalue weighted by molar-refractivity contribution is 6.32. The normalized spacial score (nSPS) is 11.9. The lowest BCUT2D eigenvalue weighted by Gasteiger charge is -2.15. The Morgan fingerprint density at radius 3 is 2.45 bits per heavy atom. The predicted molar refractivity (Wildman–Crippen MR) is 124 cm³/mol. The zero-order valence-electron chi connectivity index (χ0n) is 16.8. The van der Waals surface area contributed by atoms with Crippen LogP contribution in [0.4, 0.5) is 0 Å². The van der Waals surface area contributed by atoms with Crippen LogP contribution in [0.15, 0.2) is 66.7 Å². The van der Waals surface area contributed by atoms with Crippen LogP contribution in [0.2, 0.25) is 5.02 Å². The molecule has 4 nitrogen and oxygen atoms in total. The van der Waals surface area contributed by atoms with E-state index < -0.39 is 5.97 Å². The number of carboxylic acids is 1. The zero-order valence-corrected chi connectivity index (χ0v) is 17.6. The number of benzene rings is 3. The molecule has 0 spiro atoms. The number of aliphatic carboxylic acids is 1. The van der Waals surface area contributed by atoms with Gasteiger partial charge in [-0.05, 0) is 28.8 Å². The van der Waals surface area contributed by atoms with E-state index in [0.717, 1.165) is 33.3 Å². The Bertz CT molecular complexity index is 1250. The number of aromatic amines is 1. The molecule has 5 heteroatoms. The first kappa shape index (κ1) is 20.7. The van der Waals surface area contributed by atoms with Crippen molar-refractivity contribution in [1.82, 2.24) is 9.97 Å². The van der Waals surface area contributed by atoms with Crippen LogP contribution >= 0.6 is 11.6 Å². The van der Waals surface area contributed by atoms with Crippen molar-refractivity contribution < 1.29 is 9.90 Å². The summed E-state index contributed by atoms with van der Waals surface area (Å²) in [5.41, 5.74) is 5.58. The Morgan fingerprint density at radius 1 is 1.06 bits per heavy atom. The number of imidazole rings is 1. The maximum atomic E-state index is 11.5. The molecule has 3 aromatic carbocycles. The van der Waals surface area contributed by atoms with E-state index in [1.54, 1.807) is 6.07 Å². The summed E-state index contributed by atoms with van der Waals surface area (Å²) in [4.78, 5) is 19.5. The number of carbonyl (C=O) groups is 1. The fourth-order valence-electron chi connectivity index (χ4n) is 3.86. The number of hydrogen-bond donors (Lipinski definition) is 2. The summed E-state index contributed by atoms with van der Waals surface area (Å²) in [7, 11) is 0. The minimum absolute atomic E-state index is 0.0136. The molecule has 1 atom stereocenters. The molecular formula is C26H21ClN2O2. The lowest BCUT2D eigenvalue weighted by Crippen LogP contribution is -2.10. The Hall–Kier alpha value is -3.55. The van der Waals surface area contributed by atoms with Gasteiger partial charge < -0.3 is 10.1 Å². The number of fused-ring (bicyclic) bond motifs is 1. The molecule has 0 saturated heterocycles. The molecule has 0 aliphatic heterocycles. The molecule has 2 N–H and O–H groups in total. The third kappa shape index (κ3) is 4.63. The molecule has 1 aromatic heterocycles. The number of terminal acetylenes is 1. The van der Waals surface area contributed by atoms with Crippen LogP contribution in [-0.2, 0) is 17.6 Å². The smallest absolute Gasteiger partial charge is 0.303 e. The molecule has 4 aromatic rings. The molecule has 4 rings (SSSR count). The van der Waals surface area contributed by atoms with Crippen molar-refractivity contribution in [3.63, 3.8) is 0 Å². The summed E-state index contributed by atoms with van der Waals surface area (Å²) in [5.74, 6) is 2.28. The minimum atomic E-state index is -0.843. The van der Waals surface area contributed by atoms with E-state index in [9.17, 15) is 9.90 Å². The number of halogens is 1. The second-order valence-corrected chi connectivity index (χ2v) is 7.88. The van der Waals surface area contributed by atoms with Crippen molar-refractivity contribution in [3.05, 3.63) is 88.7 Å². The minimum Gasteiger partial charge on any atom is -0.481 e. The van der Waals surface area contributed by atoms with Crippen molar-refractivity contribution in [3.8, 4) is 23.5 Å². The summed E-state index contributed by atoms with van der Waals surface area (Å²) < 4.78 is 0.